The zero-order valence-corrected chi connectivity index (χ0v) is 11.8. The second kappa shape index (κ2) is 5.61. The van der Waals surface area contributed by atoms with Crippen molar-refractivity contribution in [2.45, 2.75) is 13.3 Å². The summed E-state index contributed by atoms with van der Waals surface area (Å²) in [6.45, 7) is 2.09. The first kappa shape index (κ1) is 13.9. The van der Waals surface area contributed by atoms with E-state index in [2.05, 4.69) is 5.32 Å². The Morgan fingerprint density at radius 3 is 2.63 bits per heavy atom. The Hall–Kier alpha value is -1.55. The highest BCUT2D eigenvalue weighted by Gasteiger charge is 2.40. The standard InChI is InChI=1S/C14H17ClN2O2/c1-9-7-10(9)14(19)17(2)8-13(18)16-12-6-4-3-5-11(12)15/h3-6,9-10H,7-8H2,1-2H3,(H,16,18)/t9-,10-/m0/s1. The van der Waals surface area contributed by atoms with E-state index in [-0.39, 0.29) is 24.3 Å². The minimum atomic E-state index is -0.239. The molecule has 0 bridgehead atoms. The van der Waals surface area contributed by atoms with Crippen LogP contribution in [0.2, 0.25) is 5.02 Å². The van der Waals surface area contributed by atoms with Gasteiger partial charge in [0.25, 0.3) is 0 Å². The minimum absolute atomic E-state index is 0.0433. The number of nitrogens with zero attached hydrogens (tertiary/aromatic N) is 1. The third-order valence-electron chi connectivity index (χ3n) is 3.33. The fourth-order valence-electron chi connectivity index (χ4n) is 1.99. The van der Waals surface area contributed by atoms with Crippen molar-refractivity contribution in [1.29, 1.82) is 0 Å². The van der Waals surface area contributed by atoms with Crippen molar-refractivity contribution in [1.82, 2.24) is 4.90 Å². The van der Waals surface area contributed by atoms with Crippen LogP contribution in [0.5, 0.6) is 0 Å². The van der Waals surface area contributed by atoms with Gasteiger partial charge in [0.1, 0.15) is 0 Å². The van der Waals surface area contributed by atoms with Gasteiger partial charge in [-0.2, -0.15) is 0 Å². The molecular weight excluding hydrogens is 264 g/mol. The van der Waals surface area contributed by atoms with Gasteiger partial charge in [0.05, 0.1) is 17.3 Å². The number of benzene rings is 1. The number of anilines is 1. The number of hydrogen-bond donors (Lipinski definition) is 1. The second-order valence-corrected chi connectivity index (χ2v) is 5.45. The van der Waals surface area contributed by atoms with Crippen molar-refractivity contribution in [2.75, 3.05) is 18.9 Å². The Bertz CT molecular complexity index is 504. The van der Waals surface area contributed by atoms with Crippen LogP contribution in [-0.4, -0.2) is 30.3 Å². The Labute approximate surface area is 117 Å². The van der Waals surface area contributed by atoms with Crippen LogP contribution in [0.4, 0.5) is 5.69 Å². The topological polar surface area (TPSA) is 49.4 Å². The Balaban J connectivity index is 1.87. The largest absolute Gasteiger partial charge is 0.336 e. The Morgan fingerprint density at radius 1 is 1.42 bits per heavy atom. The van der Waals surface area contributed by atoms with E-state index in [0.29, 0.717) is 16.6 Å². The summed E-state index contributed by atoms with van der Waals surface area (Å²) in [5, 5.41) is 3.19. The second-order valence-electron chi connectivity index (χ2n) is 5.04. The maximum absolute atomic E-state index is 11.9. The summed E-state index contributed by atoms with van der Waals surface area (Å²) in [4.78, 5) is 25.2. The van der Waals surface area contributed by atoms with Crippen LogP contribution in [0.1, 0.15) is 13.3 Å². The van der Waals surface area contributed by atoms with Gasteiger partial charge in [-0.15, -0.1) is 0 Å². The molecule has 1 saturated carbocycles. The van der Waals surface area contributed by atoms with Gasteiger partial charge in [-0.1, -0.05) is 30.7 Å². The average molecular weight is 281 g/mol. The van der Waals surface area contributed by atoms with Crippen LogP contribution in [0.15, 0.2) is 24.3 Å². The van der Waals surface area contributed by atoms with Gasteiger partial charge in [0.2, 0.25) is 11.8 Å². The molecule has 0 aliphatic heterocycles. The van der Waals surface area contributed by atoms with E-state index in [0.717, 1.165) is 6.42 Å². The number of likely N-dealkylation sites (N-methyl/N-ethyl adjacent to an activating group) is 1. The molecule has 0 heterocycles. The van der Waals surface area contributed by atoms with Crippen molar-refractivity contribution < 1.29 is 9.59 Å². The normalized spacial score (nSPS) is 20.8. The van der Waals surface area contributed by atoms with Gasteiger partial charge in [-0.25, -0.2) is 0 Å². The minimum Gasteiger partial charge on any atom is -0.336 e. The van der Waals surface area contributed by atoms with Gasteiger partial charge in [0, 0.05) is 13.0 Å². The highest BCUT2D eigenvalue weighted by molar-refractivity contribution is 6.33. The number of hydrogen-bond acceptors (Lipinski definition) is 2. The first-order valence-corrected chi connectivity index (χ1v) is 6.66. The lowest BCUT2D eigenvalue weighted by molar-refractivity contribution is -0.134. The zero-order chi connectivity index (χ0) is 14.0. The number of amides is 2. The predicted octanol–water partition coefficient (Wildman–Crippen LogP) is 2.39. The van der Waals surface area contributed by atoms with E-state index < -0.39 is 0 Å². The maximum atomic E-state index is 11.9. The van der Waals surface area contributed by atoms with Crippen LogP contribution < -0.4 is 5.32 Å². The molecule has 1 aromatic carbocycles. The zero-order valence-electron chi connectivity index (χ0n) is 11.0. The van der Waals surface area contributed by atoms with E-state index in [4.69, 9.17) is 11.6 Å². The van der Waals surface area contributed by atoms with Crippen molar-refractivity contribution in [3.8, 4) is 0 Å². The molecule has 0 aromatic heterocycles. The number of carbonyl (C=O) groups is 2. The van der Waals surface area contributed by atoms with Crippen LogP contribution in [0.25, 0.3) is 0 Å². The van der Waals surface area contributed by atoms with Crippen LogP contribution in [0.3, 0.4) is 0 Å². The van der Waals surface area contributed by atoms with Crippen molar-refractivity contribution in [2.24, 2.45) is 11.8 Å². The molecule has 1 aliphatic carbocycles. The highest BCUT2D eigenvalue weighted by atomic mass is 35.5. The molecule has 1 aromatic rings. The molecule has 1 aliphatic rings. The summed E-state index contributed by atoms with van der Waals surface area (Å²) in [6, 6.07) is 7.02. The molecule has 102 valence electrons. The van der Waals surface area contributed by atoms with E-state index >= 15 is 0 Å². The lowest BCUT2D eigenvalue weighted by Crippen LogP contribution is -2.36. The molecule has 2 amide bonds. The average Bonchev–Trinajstić information content (AvgIpc) is 3.08. The lowest BCUT2D eigenvalue weighted by Gasteiger charge is -2.17. The van der Waals surface area contributed by atoms with Crippen LogP contribution in [-0.2, 0) is 9.59 Å². The van der Waals surface area contributed by atoms with Crippen molar-refractivity contribution in [3.05, 3.63) is 29.3 Å². The molecule has 5 heteroatoms. The monoisotopic (exact) mass is 280 g/mol. The van der Waals surface area contributed by atoms with E-state index in [1.54, 1.807) is 31.3 Å². The first-order valence-electron chi connectivity index (χ1n) is 6.28. The molecule has 1 N–H and O–H groups in total. The fraction of sp³-hybridized carbons (Fsp3) is 0.429. The predicted molar refractivity (Wildman–Crippen MR) is 75.0 cm³/mol. The number of nitrogens with one attached hydrogen (secondary N) is 1. The molecule has 0 saturated heterocycles. The molecule has 19 heavy (non-hydrogen) atoms. The quantitative estimate of drug-likeness (QED) is 0.921. The van der Waals surface area contributed by atoms with Crippen LogP contribution in [0, 0.1) is 11.8 Å². The Kier molecular flexibility index (Phi) is 4.10. The van der Waals surface area contributed by atoms with E-state index in [1.807, 2.05) is 6.92 Å². The molecule has 0 radical (unpaired) electrons. The summed E-state index contributed by atoms with van der Waals surface area (Å²) < 4.78 is 0. The molecule has 4 nitrogen and oxygen atoms in total. The summed E-state index contributed by atoms with van der Waals surface area (Å²) in [5.41, 5.74) is 0.565. The number of carbonyl (C=O) groups excluding carboxylic acids is 2. The highest BCUT2D eigenvalue weighted by Crippen LogP contribution is 2.38. The van der Waals surface area contributed by atoms with Gasteiger partial charge < -0.3 is 10.2 Å². The summed E-state index contributed by atoms with van der Waals surface area (Å²) in [5.74, 6) is 0.346. The van der Waals surface area contributed by atoms with Gasteiger partial charge in [-0.3, -0.25) is 9.59 Å². The number of halogens is 1. The SMILES string of the molecule is C[C@H]1C[C@@H]1C(=O)N(C)CC(=O)Nc1ccccc1Cl. The first-order chi connectivity index (χ1) is 8.99. The molecular formula is C14H17ClN2O2. The van der Waals surface area contributed by atoms with E-state index in [1.165, 1.54) is 4.90 Å². The number of rotatable bonds is 4. The molecule has 2 rings (SSSR count). The maximum Gasteiger partial charge on any atom is 0.244 e. The Morgan fingerprint density at radius 2 is 2.05 bits per heavy atom. The summed E-state index contributed by atoms with van der Waals surface area (Å²) >= 11 is 5.95. The van der Waals surface area contributed by atoms with Gasteiger partial charge in [0.15, 0.2) is 0 Å². The lowest BCUT2D eigenvalue weighted by atomic mass is 10.3. The van der Waals surface area contributed by atoms with Gasteiger partial charge >= 0.3 is 0 Å². The third-order valence-corrected chi connectivity index (χ3v) is 3.66. The van der Waals surface area contributed by atoms with Crippen molar-refractivity contribution in [3.63, 3.8) is 0 Å². The molecule has 1 fully saturated rings. The van der Waals surface area contributed by atoms with Crippen LogP contribution >= 0.6 is 11.6 Å². The third kappa shape index (κ3) is 3.47. The number of para-hydroxylation sites is 1. The fourth-order valence-corrected chi connectivity index (χ4v) is 2.18. The molecule has 0 spiro atoms. The van der Waals surface area contributed by atoms with E-state index in [9.17, 15) is 9.59 Å². The molecule has 2 atom stereocenters. The smallest absolute Gasteiger partial charge is 0.244 e. The van der Waals surface area contributed by atoms with Crippen molar-refractivity contribution >= 4 is 29.1 Å². The summed E-state index contributed by atoms with van der Waals surface area (Å²) in [6.07, 6.45) is 0.926. The summed E-state index contributed by atoms with van der Waals surface area (Å²) in [7, 11) is 1.65. The van der Waals surface area contributed by atoms with Gasteiger partial charge in [-0.05, 0) is 24.5 Å². The molecule has 0 unspecified atom stereocenters.